The zero-order valence-corrected chi connectivity index (χ0v) is 11.5. The van der Waals surface area contributed by atoms with Gasteiger partial charge in [0.05, 0.1) is 5.69 Å². The van der Waals surface area contributed by atoms with Crippen molar-refractivity contribution in [3.63, 3.8) is 0 Å². The average Bonchev–Trinajstić information content (AvgIpc) is 2.59. The molecule has 4 heteroatoms. The van der Waals surface area contributed by atoms with Gasteiger partial charge in [-0.25, -0.2) is 4.90 Å². The summed E-state index contributed by atoms with van der Waals surface area (Å²) in [7, 11) is 0. The number of rotatable bonds is 3. The largest absolute Gasteiger partial charge is 0.269 e. The van der Waals surface area contributed by atoms with Crippen molar-refractivity contribution >= 4 is 40.1 Å². The highest BCUT2D eigenvalue weighted by Gasteiger charge is 2.24. The van der Waals surface area contributed by atoms with Crippen LogP contribution in [0.4, 0.5) is 5.69 Å². The molecule has 0 fully saturated rings. The van der Waals surface area contributed by atoms with E-state index in [4.69, 9.17) is 0 Å². The Hall–Kier alpha value is -1.17. The van der Waals surface area contributed by atoms with Crippen molar-refractivity contribution < 1.29 is 9.59 Å². The molecule has 0 aromatic heterocycles. The quantitative estimate of drug-likeness (QED) is 0.481. The fourth-order valence-electron chi connectivity index (χ4n) is 1.76. The third-order valence-corrected chi connectivity index (χ3v) is 2.96. The van der Waals surface area contributed by atoms with Gasteiger partial charge in [-0.3, -0.25) is 9.59 Å². The van der Waals surface area contributed by atoms with E-state index in [1.165, 1.54) is 22.6 Å². The van der Waals surface area contributed by atoms with Crippen LogP contribution in [0, 0.1) is 0 Å². The fourth-order valence-corrected chi connectivity index (χ4v) is 2.27. The highest BCUT2D eigenvalue weighted by molar-refractivity contribution is 14.1. The SMILES string of the molecule is CC(I)Cc1ccc(N2C(=O)C=CC2=O)cc1. The number of carbonyl (C=O) groups is 2. The fraction of sp³-hybridized carbons (Fsp3) is 0.231. The van der Waals surface area contributed by atoms with Gasteiger partial charge >= 0.3 is 0 Å². The number of alkyl halides is 1. The highest BCUT2D eigenvalue weighted by Crippen LogP contribution is 2.20. The van der Waals surface area contributed by atoms with E-state index in [-0.39, 0.29) is 11.8 Å². The van der Waals surface area contributed by atoms with Gasteiger partial charge in [-0.05, 0) is 24.1 Å². The molecule has 1 aromatic rings. The van der Waals surface area contributed by atoms with E-state index in [2.05, 4.69) is 29.5 Å². The molecule has 1 aromatic carbocycles. The van der Waals surface area contributed by atoms with E-state index >= 15 is 0 Å². The van der Waals surface area contributed by atoms with Crippen LogP contribution in [-0.2, 0) is 16.0 Å². The summed E-state index contributed by atoms with van der Waals surface area (Å²) in [6, 6.07) is 7.56. The number of nitrogens with zero attached hydrogens (tertiary/aromatic N) is 1. The molecule has 0 radical (unpaired) electrons. The van der Waals surface area contributed by atoms with Crippen LogP contribution in [-0.4, -0.2) is 15.7 Å². The standard InChI is InChI=1S/C13H12INO2/c1-9(14)8-10-2-4-11(5-3-10)15-12(16)6-7-13(15)17/h2-7,9H,8H2,1H3. The van der Waals surface area contributed by atoms with E-state index in [0.717, 1.165) is 6.42 Å². The monoisotopic (exact) mass is 341 g/mol. The summed E-state index contributed by atoms with van der Waals surface area (Å²) in [5.41, 5.74) is 1.84. The van der Waals surface area contributed by atoms with Crippen molar-refractivity contribution in [1.29, 1.82) is 0 Å². The van der Waals surface area contributed by atoms with Crippen molar-refractivity contribution in [3.05, 3.63) is 42.0 Å². The number of hydrogen-bond donors (Lipinski definition) is 0. The second kappa shape index (κ2) is 5.00. The Morgan fingerprint density at radius 2 is 1.65 bits per heavy atom. The van der Waals surface area contributed by atoms with E-state index in [0.29, 0.717) is 9.61 Å². The molecule has 2 rings (SSSR count). The number of amides is 2. The van der Waals surface area contributed by atoms with Crippen LogP contribution in [0.5, 0.6) is 0 Å². The van der Waals surface area contributed by atoms with Gasteiger partial charge < -0.3 is 0 Å². The topological polar surface area (TPSA) is 37.4 Å². The van der Waals surface area contributed by atoms with Crippen LogP contribution >= 0.6 is 22.6 Å². The first-order valence-corrected chi connectivity index (χ1v) is 6.61. The molecule has 17 heavy (non-hydrogen) atoms. The maximum Gasteiger partial charge on any atom is 0.258 e. The van der Waals surface area contributed by atoms with E-state index in [1.807, 2.05) is 24.3 Å². The smallest absolute Gasteiger partial charge is 0.258 e. The second-order valence-corrected chi connectivity index (χ2v) is 6.12. The van der Waals surface area contributed by atoms with Crippen LogP contribution in [0.25, 0.3) is 0 Å². The minimum atomic E-state index is -0.273. The van der Waals surface area contributed by atoms with Crippen molar-refractivity contribution in [2.45, 2.75) is 17.3 Å². The van der Waals surface area contributed by atoms with Gasteiger partial charge in [-0.15, -0.1) is 0 Å². The molecule has 0 spiro atoms. The summed E-state index contributed by atoms with van der Waals surface area (Å²) in [5, 5.41) is 0. The van der Waals surface area contributed by atoms with Gasteiger partial charge in [0.25, 0.3) is 11.8 Å². The summed E-state index contributed by atoms with van der Waals surface area (Å²) in [4.78, 5) is 24.1. The molecule has 0 aliphatic carbocycles. The maximum absolute atomic E-state index is 11.5. The van der Waals surface area contributed by atoms with Crippen molar-refractivity contribution in [2.24, 2.45) is 0 Å². The average molecular weight is 341 g/mol. The predicted molar refractivity (Wildman–Crippen MR) is 75.3 cm³/mol. The summed E-state index contributed by atoms with van der Waals surface area (Å²) in [6.45, 7) is 2.14. The molecule has 1 unspecified atom stereocenters. The van der Waals surface area contributed by atoms with E-state index in [9.17, 15) is 9.59 Å². The molecule has 3 nitrogen and oxygen atoms in total. The van der Waals surface area contributed by atoms with Gasteiger partial charge in [-0.1, -0.05) is 41.6 Å². The minimum absolute atomic E-state index is 0.273. The van der Waals surface area contributed by atoms with Gasteiger partial charge in [0.2, 0.25) is 0 Å². The molecule has 88 valence electrons. The number of imide groups is 1. The zero-order chi connectivity index (χ0) is 12.4. The number of benzene rings is 1. The molecule has 1 aliphatic rings. The summed E-state index contributed by atoms with van der Waals surface area (Å²) < 4.78 is 0.565. The van der Waals surface area contributed by atoms with Crippen LogP contribution < -0.4 is 4.90 Å². The van der Waals surface area contributed by atoms with Gasteiger partial charge in [-0.2, -0.15) is 0 Å². The lowest BCUT2D eigenvalue weighted by Crippen LogP contribution is -2.29. The molecule has 1 heterocycles. The third-order valence-electron chi connectivity index (χ3n) is 2.52. The summed E-state index contributed by atoms with van der Waals surface area (Å²) in [5.74, 6) is -0.546. The highest BCUT2D eigenvalue weighted by atomic mass is 127. The van der Waals surface area contributed by atoms with E-state index in [1.54, 1.807) is 0 Å². The number of anilines is 1. The zero-order valence-electron chi connectivity index (χ0n) is 9.39. The molecule has 0 bridgehead atoms. The first kappa shape index (κ1) is 12.3. The number of carbonyl (C=O) groups excluding carboxylic acids is 2. The molecule has 1 atom stereocenters. The van der Waals surface area contributed by atoms with Crippen LogP contribution in [0.2, 0.25) is 0 Å². The lowest BCUT2D eigenvalue weighted by atomic mass is 10.1. The molecule has 0 N–H and O–H groups in total. The van der Waals surface area contributed by atoms with E-state index < -0.39 is 0 Å². The molecule has 0 saturated heterocycles. The Balaban J connectivity index is 2.18. The third kappa shape index (κ3) is 2.74. The van der Waals surface area contributed by atoms with Crippen molar-refractivity contribution in [2.75, 3.05) is 4.90 Å². The van der Waals surface area contributed by atoms with Crippen molar-refractivity contribution in [3.8, 4) is 0 Å². The first-order chi connectivity index (χ1) is 8.08. The lowest BCUT2D eigenvalue weighted by Gasteiger charge is -2.14. The minimum Gasteiger partial charge on any atom is -0.269 e. The predicted octanol–water partition coefficient (Wildman–Crippen LogP) is 2.48. The molecule has 1 aliphatic heterocycles. The Morgan fingerprint density at radius 3 is 2.12 bits per heavy atom. The van der Waals surface area contributed by atoms with Crippen molar-refractivity contribution in [1.82, 2.24) is 0 Å². The lowest BCUT2D eigenvalue weighted by molar-refractivity contribution is -0.119. The normalized spacial score (nSPS) is 16.7. The molecule has 2 amide bonds. The van der Waals surface area contributed by atoms with Crippen LogP contribution in [0.3, 0.4) is 0 Å². The molecular formula is C13H12INO2. The Kier molecular flexibility index (Phi) is 3.61. The number of hydrogen-bond acceptors (Lipinski definition) is 2. The summed E-state index contributed by atoms with van der Waals surface area (Å²) in [6.07, 6.45) is 3.58. The van der Waals surface area contributed by atoms with Crippen LogP contribution in [0.1, 0.15) is 12.5 Å². The Labute approximate surface area is 114 Å². The van der Waals surface area contributed by atoms with Gasteiger partial charge in [0, 0.05) is 16.1 Å². The van der Waals surface area contributed by atoms with Gasteiger partial charge in [0.15, 0.2) is 0 Å². The summed E-state index contributed by atoms with van der Waals surface area (Å²) >= 11 is 2.37. The van der Waals surface area contributed by atoms with Crippen LogP contribution in [0.15, 0.2) is 36.4 Å². The second-order valence-electron chi connectivity index (χ2n) is 4.00. The van der Waals surface area contributed by atoms with Gasteiger partial charge in [0.1, 0.15) is 0 Å². The molecule has 0 saturated carbocycles. The first-order valence-electron chi connectivity index (χ1n) is 5.37. The Bertz CT molecular complexity index is 459. The maximum atomic E-state index is 11.5. The Morgan fingerprint density at radius 1 is 1.12 bits per heavy atom. The number of halogens is 1. The molecular weight excluding hydrogens is 329 g/mol.